The summed E-state index contributed by atoms with van der Waals surface area (Å²) in [6.07, 6.45) is 4.79. The molecule has 14 heavy (non-hydrogen) atoms. The Kier molecular flexibility index (Phi) is 4.53. The van der Waals surface area contributed by atoms with Gasteiger partial charge in [-0.1, -0.05) is 13.0 Å². The van der Waals surface area contributed by atoms with E-state index >= 15 is 0 Å². The van der Waals surface area contributed by atoms with E-state index in [-0.39, 0.29) is 0 Å². The van der Waals surface area contributed by atoms with Crippen molar-refractivity contribution in [1.82, 2.24) is 10.2 Å². The fourth-order valence-electron chi connectivity index (χ4n) is 1.64. The van der Waals surface area contributed by atoms with Crippen molar-refractivity contribution in [3.05, 3.63) is 23.6 Å². The average molecular weight is 196 g/mol. The van der Waals surface area contributed by atoms with E-state index < -0.39 is 0 Å². The lowest BCUT2D eigenvalue weighted by molar-refractivity contribution is 0.273. The van der Waals surface area contributed by atoms with Crippen molar-refractivity contribution in [3.63, 3.8) is 0 Å². The summed E-state index contributed by atoms with van der Waals surface area (Å²) >= 11 is 0. The van der Waals surface area contributed by atoms with Gasteiger partial charge >= 0.3 is 0 Å². The molecular formula is C11H20N2O. The van der Waals surface area contributed by atoms with E-state index in [9.17, 15) is 5.11 Å². The zero-order chi connectivity index (χ0) is 10.4. The maximum absolute atomic E-state index is 9.73. The summed E-state index contributed by atoms with van der Waals surface area (Å²) in [6, 6.07) is 0. The van der Waals surface area contributed by atoms with Crippen LogP contribution >= 0.6 is 0 Å². The highest BCUT2D eigenvalue weighted by Gasteiger charge is 2.14. The number of hydrogen-bond donors (Lipinski definition) is 2. The zero-order valence-corrected chi connectivity index (χ0v) is 9.08. The van der Waals surface area contributed by atoms with E-state index in [1.165, 1.54) is 0 Å². The van der Waals surface area contributed by atoms with Crippen LogP contribution in [0.2, 0.25) is 0 Å². The van der Waals surface area contributed by atoms with Crippen molar-refractivity contribution >= 4 is 0 Å². The van der Waals surface area contributed by atoms with Crippen LogP contribution in [0.1, 0.15) is 20.3 Å². The smallest absolute Gasteiger partial charge is 0.134 e. The van der Waals surface area contributed by atoms with Gasteiger partial charge in [0.1, 0.15) is 5.76 Å². The third kappa shape index (κ3) is 2.77. The topological polar surface area (TPSA) is 35.5 Å². The number of piperazine rings is 1. The molecule has 1 aliphatic rings. The maximum Gasteiger partial charge on any atom is 0.134 e. The van der Waals surface area contributed by atoms with Crippen molar-refractivity contribution in [2.45, 2.75) is 20.3 Å². The Morgan fingerprint density at radius 3 is 2.57 bits per heavy atom. The van der Waals surface area contributed by atoms with Crippen LogP contribution in [0, 0.1) is 0 Å². The van der Waals surface area contributed by atoms with E-state index in [0.29, 0.717) is 5.76 Å². The summed E-state index contributed by atoms with van der Waals surface area (Å²) in [6.45, 7) is 7.90. The average Bonchev–Trinajstić information content (AvgIpc) is 2.26. The molecule has 0 aromatic carbocycles. The molecule has 0 aromatic rings. The molecule has 0 unspecified atom stereocenters. The Labute approximate surface area is 86.1 Å². The second-order valence-corrected chi connectivity index (χ2v) is 3.41. The molecular weight excluding hydrogens is 176 g/mol. The molecule has 0 aliphatic carbocycles. The lowest BCUT2D eigenvalue weighted by Crippen LogP contribution is -2.43. The quantitative estimate of drug-likeness (QED) is 0.532. The Morgan fingerprint density at radius 1 is 1.43 bits per heavy atom. The van der Waals surface area contributed by atoms with Gasteiger partial charge in [-0.05, 0) is 19.4 Å². The van der Waals surface area contributed by atoms with Crippen LogP contribution in [0.5, 0.6) is 0 Å². The second kappa shape index (κ2) is 5.70. The van der Waals surface area contributed by atoms with Crippen molar-refractivity contribution in [3.8, 4) is 0 Å². The van der Waals surface area contributed by atoms with Crippen LogP contribution in [0.4, 0.5) is 0 Å². The molecule has 1 saturated heterocycles. The van der Waals surface area contributed by atoms with Crippen LogP contribution in [0.15, 0.2) is 23.6 Å². The van der Waals surface area contributed by atoms with Crippen molar-refractivity contribution in [1.29, 1.82) is 0 Å². The maximum atomic E-state index is 9.73. The lowest BCUT2D eigenvalue weighted by atomic mass is 10.2. The molecule has 1 heterocycles. The molecule has 0 saturated carbocycles. The molecule has 1 aliphatic heterocycles. The number of hydrogen-bond acceptors (Lipinski definition) is 3. The van der Waals surface area contributed by atoms with E-state index in [1.807, 2.05) is 6.92 Å². The molecule has 0 atom stereocenters. The molecule has 80 valence electrons. The molecule has 0 amide bonds. The van der Waals surface area contributed by atoms with Gasteiger partial charge in [0.2, 0.25) is 0 Å². The molecule has 2 N–H and O–H groups in total. The second-order valence-electron chi connectivity index (χ2n) is 3.41. The monoisotopic (exact) mass is 196 g/mol. The first-order valence-corrected chi connectivity index (χ1v) is 5.31. The van der Waals surface area contributed by atoms with Gasteiger partial charge in [-0.25, -0.2) is 0 Å². The predicted molar refractivity (Wildman–Crippen MR) is 59.2 cm³/mol. The van der Waals surface area contributed by atoms with Gasteiger partial charge in [0.05, 0.1) is 5.70 Å². The van der Waals surface area contributed by atoms with E-state index in [2.05, 4.69) is 23.2 Å². The molecule has 0 aromatic heterocycles. The highest BCUT2D eigenvalue weighted by Crippen LogP contribution is 2.14. The van der Waals surface area contributed by atoms with E-state index in [4.69, 9.17) is 0 Å². The first-order valence-electron chi connectivity index (χ1n) is 5.31. The zero-order valence-electron chi connectivity index (χ0n) is 9.08. The van der Waals surface area contributed by atoms with E-state index in [1.54, 1.807) is 6.08 Å². The van der Waals surface area contributed by atoms with Gasteiger partial charge in [-0.15, -0.1) is 0 Å². The first-order chi connectivity index (χ1) is 6.79. The predicted octanol–water partition coefficient (Wildman–Crippen LogP) is 1.65. The Morgan fingerprint density at radius 2 is 2.07 bits per heavy atom. The van der Waals surface area contributed by atoms with Gasteiger partial charge in [-0.3, -0.25) is 0 Å². The Bertz CT molecular complexity index is 227. The molecule has 3 heteroatoms. The van der Waals surface area contributed by atoms with Gasteiger partial charge in [-0.2, -0.15) is 0 Å². The summed E-state index contributed by atoms with van der Waals surface area (Å²) in [7, 11) is 0. The SMILES string of the molecule is C/C=C(O)\C(=C/CC)N1CCNCC1. The number of rotatable bonds is 3. The third-order valence-corrected chi connectivity index (χ3v) is 2.39. The van der Waals surface area contributed by atoms with Crippen LogP contribution in [0.25, 0.3) is 0 Å². The van der Waals surface area contributed by atoms with Gasteiger partial charge < -0.3 is 15.3 Å². The fraction of sp³-hybridized carbons (Fsp3) is 0.636. The lowest BCUT2D eigenvalue weighted by Gasteiger charge is -2.31. The largest absolute Gasteiger partial charge is 0.506 e. The summed E-state index contributed by atoms with van der Waals surface area (Å²) in [5.74, 6) is 0.397. The van der Waals surface area contributed by atoms with Crippen molar-refractivity contribution in [2.24, 2.45) is 0 Å². The Balaban J connectivity index is 2.71. The normalized spacial score (nSPS) is 20.0. The highest BCUT2D eigenvalue weighted by molar-refractivity contribution is 5.23. The van der Waals surface area contributed by atoms with Crippen molar-refractivity contribution < 1.29 is 5.11 Å². The number of nitrogens with zero attached hydrogens (tertiary/aromatic N) is 1. The van der Waals surface area contributed by atoms with E-state index in [0.717, 1.165) is 38.3 Å². The van der Waals surface area contributed by atoms with Gasteiger partial charge in [0.15, 0.2) is 0 Å². The summed E-state index contributed by atoms with van der Waals surface area (Å²) < 4.78 is 0. The highest BCUT2D eigenvalue weighted by atomic mass is 16.3. The third-order valence-electron chi connectivity index (χ3n) is 2.39. The summed E-state index contributed by atoms with van der Waals surface area (Å²) in [5.41, 5.74) is 0.983. The molecule has 3 nitrogen and oxygen atoms in total. The minimum atomic E-state index is 0.397. The number of allylic oxidation sites excluding steroid dienone is 2. The molecule has 0 bridgehead atoms. The number of nitrogens with one attached hydrogen (secondary N) is 1. The molecule has 1 fully saturated rings. The molecule has 0 spiro atoms. The standard InChI is InChI=1S/C11H20N2O/c1-3-5-10(11(14)4-2)13-8-6-12-7-9-13/h4-5,12,14H,3,6-9H2,1-2H3/b10-5+,11-4+. The minimum absolute atomic E-state index is 0.397. The molecule has 0 radical (unpaired) electrons. The number of aliphatic hydroxyl groups is 1. The van der Waals surface area contributed by atoms with Crippen LogP contribution in [-0.4, -0.2) is 36.2 Å². The van der Waals surface area contributed by atoms with Gasteiger partial charge in [0, 0.05) is 26.2 Å². The molecule has 1 rings (SSSR count). The minimum Gasteiger partial charge on any atom is -0.506 e. The van der Waals surface area contributed by atoms with Gasteiger partial charge in [0.25, 0.3) is 0 Å². The van der Waals surface area contributed by atoms with Crippen LogP contribution in [0.3, 0.4) is 0 Å². The fourth-order valence-corrected chi connectivity index (χ4v) is 1.64. The van der Waals surface area contributed by atoms with Crippen LogP contribution < -0.4 is 5.32 Å². The summed E-state index contributed by atoms with van der Waals surface area (Å²) in [5, 5.41) is 13.0. The van der Waals surface area contributed by atoms with Crippen LogP contribution in [-0.2, 0) is 0 Å². The summed E-state index contributed by atoms with van der Waals surface area (Å²) in [4.78, 5) is 2.23. The first kappa shape index (κ1) is 11.1. The van der Waals surface area contributed by atoms with Crippen molar-refractivity contribution in [2.75, 3.05) is 26.2 Å². The number of aliphatic hydroxyl groups excluding tert-OH is 1. The Hall–Kier alpha value is -0.960.